The molecule has 4 nitrogen and oxygen atoms in total. The summed E-state index contributed by atoms with van der Waals surface area (Å²) in [5.41, 5.74) is 2.16. The summed E-state index contributed by atoms with van der Waals surface area (Å²) in [6.07, 6.45) is 3.08. The van der Waals surface area contributed by atoms with E-state index in [0.717, 1.165) is 41.9 Å². The van der Waals surface area contributed by atoms with Gasteiger partial charge in [0.15, 0.2) is 0 Å². The van der Waals surface area contributed by atoms with Crippen LogP contribution in [0.15, 0.2) is 47.4 Å². The van der Waals surface area contributed by atoms with Gasteiger partial charge in [-0.3, -0.25) is 0 Å². The Labute approximate surface area is 224 Å². The van der Waals surface area contributed by atoms with E-state index in [-0.39, 0.29) is 66.6 Å². The van der Waals surface area contributed by atoms with E-state index in [2.05, 4.69) is 13.0 Å². The van der Waals surface area contributed by atoms with Crippen molar-refractivity contribution < 1.29 is 64.1 Å². The molecule has 0 saturated heterocycles. The number of benzene rings is 2. The van der Waals surface area contributed by atoms with Gasteiger partial charge >= 0.3 is 0 Å². The monoisotopic (exact) mass is 653 g/mol. The molecular weight excluding hydrogens is 623 g/mol. The smallest absolute Gasteiger partial charge is 0.119 e. The Hall–Kier alpha value is -0.248. The van der Waals surface area contributed by atoms with Crippen molar-refractivity contribution in [2.45, 2.75) is 60.9 Å². The molecule has 1 radical (unpaired) electrons. The number of ether oxygens (including phenoxy) is 1. The number of phenolic OH excluding ortho intramolecular Hbond substituents is 1. The molecule has 0 bridgehead atoms. The number of thioether (sulfide) groups is 1. The van der Waals surface area contributed by atoms with Crippen LogP contribution < -0.4 is 4.74 Å². The first-order chi connectivity index (χ1) is 14.4. The first-order valence-electron chi connectivity index (χ1n) is 10.9. The molecule has 5 rings (SSSR count). The van der Waals surface area contributed by atoms with Gasteiger partial charge in [-0.1, -0.05) is 13.0 Å². The first-order valence-corrected chi connectivity index (χ1v) is 11.8. The van der Waals surface area contributed by atoms with E-state index in [1.54, 1.807) is 31.0 Å². The second-order valence-electron chi connectivity index (χ2n) is 9.44. The van der Waals surface area contributed by atoms with Crippen molar-refractivity contribution in [2.75, 3.05) is 7.11 Å². The standard InChI is InChI=1S/C25H30O4S.Ac/c1-25-12-11-18-17-8-5-15(29-2)13-19(17)23(28)24(22(18)20(25)9-10-21(25)27)30-16-6-3-14(26)4-7-16;/h3-8,13,18,20-24,26-28H,9-12H2,1-2H3;/t18?,20?,21?,22?,23?,24?,25-;/m0./s1. The van der Waals surface area contributed by atoms with Crippen LogP contribution in [0.2, 0.25) is 0 Å². The number of methoxy groups -OCH3 is 1. The fourth-order valence-corrected chi connectivity index (χ4v) is 7.89. The Morgan fingerprint density at radius 2 is 1.74 bits per heavy atom. The number of aliphatic hydroxyl groups is 2. The van der Waals surface area contributed by atoms with Crippen molar-refractivity contribution in [1.82, 2.24) is 0 Å². The van der Waals surface area contributed by atoms with Crippen LogP contribution in [0.4, 0.5) is 0 Å². The third-order valence-corrected chi connectivity index (χ3v) is 9.48. The molecule has 0 spiro atoms. The molecular formula is C25H30AcO4S. The van der Waals surface area contributed by atoms with E-state index in [9.17, 15) is 15.3 Å². The number of rotatable bonds is 3. The molecule has 6 unspecified atom stereocenters. The van der Waals surface area contributed by atoms with Gasteiger partial charge in [-0.2, -0.15) is 0 Å². The summed E-state index contributed by atoms with van der Waals surface area (Å²) in [6.45, 7) is 2.25. The van der Waals surface area contributed by atoms with Crippen LogP contribution in [0.3, 0.4) is 0 Å². The molecule has 2 aromatic rings. The Balaban J connectivity index is 0.00000231. The maximum Gasteiger partial charge on any atom is 0.119 e. The molecule has 3 N–H and O–H groups in total. The third-order valence-electron chi connectivity index (χ3n) is 8.09. The van der Waals surface area contributed by atoms with Gasteiger partial charge in [0.25, 0.3) is 0 Å². The van der Waals surface area contributed by atoms with E-state index in [0.29, 0.717) is 17.8 Å². The van der Waals surface area contributed by atoms with Crippen LogP contribution in [0.1, 0.15) is 55.8 Å². The Morgan fingerprint density at radius 3 is 2.45 bits per heavy atom. The first kappa shape index (κ1) is 23.9. The van der Waals surface area contributed by atoms with Gasteiger partial charge in [-0.05, 0) is 96.4 Å². The van der Waals surface area contributed by atoms with E-state index >= 15 is 0 Å². The topological polar surface area (TPSA) is 69.9 Å². The number of aromatic hydroxyl groups is 1. The average Bonchev–Trinajstić information content (AvgIpc) is 3.06. The van der Waals surface area contributed by atoms with Crippen LogP contribution in [-0.4, -0.2) is 33.8 Å². The van der Waals surface area contributed by atoms with E-state index in [1.165, 1.54) is 5.56 Å². The summed E-state index contributed by atoms with van der Waals surface area (Å²) in [7, 11) is 1.66. The zero-order chi connectivity index (χ0) is 21.0. The summed E-state index contributed by atoms with van der Waals surface area (Å²) in [5, 5.41) is 32.0. The molecule has 31 heavy (non-hydrogen) atoms. The molecule has 0 aliphatic heterocycles. The van der Waals surface area contributed by atoms with Crippen molar-refractivity contribution in [3.63, 3.8) is 0 Å². The molecule has 0 aromatic heterocycles. The molecule has 7 atom stereocenters. The Bertz CT molecular complexity index is 936. The van der Waals surface area contributed by atoms with E-state index < -0.39 is 6.10 Å². The predicted octanol–water partition coefficient (Wildman–Crippen LogP) is 4.88. The molecule has 3 aliphatic carbocycles. The number of aliphatic hydroxyl groups excluding tert-OH is 2. The molecule has 163 valence electrons. The quantitative estimate of drug-likeness (QED) is 0.441. The van der Waals surface area contributed by atoms with Crippen LogP contribution >= 0.6 is 11.8 Å². The van der Waals surface area contributed by atoms with Crippen molar-refractivity contribution >= 4 is 11.8 Å². The molecule has 0 amide bonds. The van der Waals surface area contributed by atoms with Crippen LogP contribution in [-0.2, 0) is 0 Å². The van der Waals surface area contributed by atoms with Gasteiger partial charge in [0.2, 0.25) is 0 Å². The minimum absolute atomic E-state index is 0. The molecule has 2 aromatic carbocycles. The van der Waals surface area contributed by atoms with E-state index in [1.807, 2.05) is 24.3 Å². The second kappa shape index (κ2) is 9.18. The van der Waals surface area contributed by atoms with Gasteiger partial charge in [0, 0.05) is 54.2 Å². The SMILES string of the molecule is COc1ccc2c(c1)C(O)C(Sc1ccc(O)cc1)C1C2CC[C@]2(C)C(O)CCC12.[Ac]. The summed E-state index contributed by atoms with van der Waals surface area (Å²) in [5.74, 6) is 2.10. The van der Waals surface area contributed by atoms with Gasteiger partial charge in [0.1, 0.15) is 11.5 Å². The normalized spacial score (nSPS) is 36.0. The van der Waals surface area contributed by atoms with Crippen LogP contribution in [0.5, 0.6) is 11.5 Å². The molecule has 0 heterocycles. The maximum absolute atomic E-state index is 11.6. The minimum atomic E-state index is -0.602. The van der Waals surface area contributed by atoms with Gasteiger partial charge < -0.3 is 20.1 Å². The third kappa shape index (κ3) is 3.99. The molecule has 2 saturated carbocycles. The zero-order valence-electron chi connectivity index (χ0n) is 18.1. The maximum atomic E-state index is 11.6. The Morgan fingerprint density at radius 1 is 1.00 bits per heavy atom. The van der Waals surface area contributed by atoms with Crippen molar-refractivity contribution in [2.24, 2.45) is 17.3 Å². The summed E-state index contributed by atoms with van der Waals surface area (Å²) >= 11 is 1.71. The molecule has 6 heteroatoms. The van der Waals surface area contributed by atoms with Crippen LogP contribution in [0, 0.1) is 61.3 Å². The van der Waals surface area contributed by atoms with Gasteiger partial charge in [-0.25, -0.2) is 0 Å². The molecule has 3 aliphatic rings. The van der Waals surface area contributed by atoms with Crippen molar-refractivity contribution in [3.8, 4) is 11.5 Å². The van der Waals surface area contributed by atoms with Crippen LogP contribution in [0.25, 0.3) is 0 Å². The fourth-order valence-electron chi connectivity index (χ4n) is 6.47. The predicted molar refractivity (Wildman–Crippen MR) is 118 cm³/mol. The summed E-state index contributed by atoms with van der Waals surface area (Å²) < 4.78 is 5.45. The van der Waals surface area contributed by atoms with E-state index in [4.69, 9.17) is 4.74 Å². The minimum Gasteiger partial charge on any atom is -0.508 e. The number of fused-ring (bicyclic) bond motifs is 5. The number of phenols is 1. The largest absolute Gasteiger partial charge is 0.508 e. The average molecular weight is 654 g/mol. The second-order valence-corrected chi connectivity index (χ2v) is 10.7. The number of hydrogen-bond donors (Lipinski definition) is 3. The number of hydrogen-bond acceptors (Lipinski definition) is 5. The fraction of sp³-hybridized carbons (Fsp3) is 0.520. The summed E-state index contributed by atoms with van der Waals surface area (Å²) in [6, 6.07) is 13.4. The van der Waals surface area contributed by atoms with Crippen molar-refractivity contribution in [1.29, 1.82) is 0 Å². The van der Waals surface area contributed by atoms with Gasteiger partial charge in [0.05, 0.1) is 19.3 Å². The zero-order valence-corrected chi connectivity index (χ0v) is 23.6. The summed E-state index contributed by atoms with van der Waals surface area (Å²) in [4.78, 5) is 1.05. The van der Waals surface area contributed by atoms with Crippen molar-refractivity contribution in [3.05, 3.63) is 53.6 Å². The Kier molecular flexibility index (Phi) is 7.08. The molecule has 2 fully saturated rings. The van der Waals surface area contributed by atoms with Gasteiger partial charge in [-0.15, -0.1) is 11.8 Å².